The predicted molar refractivity (Wildman–Crippen MR) is 201 cm³/mol. The van der Waals surface area contributed by atoms with Crippen LogP contribution in [0.3, 0.4) is 0 Å². The number of pyridine rings is 2. The first-order valence-corrected chi connectivity index (χ1v) is 16.4. The first-order valence-electron chi connectivity index (χ1n) is 19.4. The van der Waals surface area contributed by atoms with Crippen LogP contribution in [0.2, 0.25) is 0 Å². The van der Waals surface area contributed by atoms with Gasteiger partial charge in [-0.05, 0) is 65.7 Å². The summed E-state index contributed by atoms with van der Waals surface area (Å²) >= 11 is 0. The Morgan fingerprint density at radius 1 is 0.780 bits per heavy atom. The number of benzene rings is 4. The summed E-state index contributed by atoms with van der Waals surface area (Å²) in [5.74, 6) is 1.50. The van der Waals surface area contributed by atoms with Crippen molar-refractivity contribution in [3.63, 3.8) is 0 Å². The number of hydrogen-bond donors (Lipinski definition) is 0. The van der Waals surface area contributed by atoms with Crippen molar-refractivity contribution in [1.82, 2.24) is 19.5 Å². The van der Waals surface area contributed by atoms with Crippen molar-refractivity contribution >= 4 is 33.1 Å². The number of rotatable bonds is 5. The minimum atomic E-state index is -2.18. The van der Waals surface area contributed by atoms with Gasteiger partial charge in [0.1, 0.15) is 5.58 Å². The second-order valence-corrected chi connectivity index (χ2v) is 12.8. The number of aryl methyl sites for hydroxylation is 3. The van der Waals surface area contributed by atoms with E-state index in [1.54, 1.807) is 12.1 Å². The second-order valence-electron chi connectivity index (χ2n) is 12.8. The largest absolute Gasteiger partial charge is 0.501 e. The molecule has 4 aromatic carbocycles. The molecule has 6 heteroatoms. The van der Waals surface area contributed by atoms with Crippen LogP contribution in [-0.2, 0) is 20.1 Å². The quantitative estimate of drug-likeness (QED) is 0.162. The van der Waals surface area contributed by atoms with Crippen LogP contribution in [0.25, 0.3) is 61.4 Å². The Hall–Kier alpha value is -4.90. The maximum Gasteiger partial charge on any atom is 0.168 e. The molecule has 0 unspecified atom stereocenters. The zero-order chi connectivity index (χ0) is 39.2. The molecule has 0 aliphatic rings. The van der Waals surface area contributed by atoms with E-state index in [2.05, 4.69) is 97.7 Å². The third-order valence-electron chi connectivity index (χ3n) is 8.73. The standard InChI is InChI=1S/C31H28N3O.C13H12N.Ir/c1-18(2)21-11-8-12-22(19(3)4)28(21)34-27-20(5)16-17-32-30(27)33-31(34)25-14-9-13-24-23-10-6-7-15-26(23)35-29(24)25;1-10-3-6-12(7-4-10)13-8-5-11(2)9-14-13;/h6-13,15-19H,1-5H3;3-6,8-9H,1-2H3;/q2*-1;/i;1D3,2D3;. The van der Waals surface area contributed by atoms with Gasteiger partial charge in [-0.15, -0.1) is 53.6 Å². The minimum Gasteiger partial charge on any atom is -0.501 e. The summed E-state index contributed by atoms with van der Waals surface area (Å²) in [6.45, 7) is 6.79. The average Bonchev–Trinajstić information content (AvgIpc) is 3.74. The summed E-state index contributed by atoms with van der Waals surface area (Å²) < 4.78 is 52.4. The van der Waals surface area contributed by atoms with Gasteiger partial charge in [-0.25, -0.2) is 4.98 Å². The molecule has 0 aliphatic carbocycles. The fourth-order valence-corrected chi connectivity index (χ4v) is 6.30. The van der Waals surface area contributed by atoms with Gasteiger partial charge < -0.3 is 14.0 Å². The van der Waals surface area contributed by atoms with Crippen molar-refractivity contribution in [2.45, 2.75) is 60.2 Å². The first-order chi connectivity index (χ1) is 26.1. The Bertz CT molecular complexity index is 2560. The molecular formula is C44H40IrN4O-2. The third-order valence-corrected chi connectivity index (χ3v) is 8.73. The van der Waals surface area contributed by atoms with Gasteiger partial charge in [-0.1, -0.05) is 94.0 Å². The van der Waals surface area contributed by atoms with E-state index in [1.165, 1.54) is 41.2 Å². The van der Waals surface area contributed by atoms with Gasteiger partial charge in [0, 0.05) is 51.8 Å². The molecule has 0 N–H and O–H groups in total. The van der Waals surface area contributed by atoms with Gasteiger partial charge >= 0.3 is 0 Å². The third kappa shape index (κ3) is 6.54. The van der Waals surface area contributed by atoms with E-state index < -0.39 is 13.7 Å². The van der Waals surface area contributed by atoms with Crippen LogP contribution in [0.4, 0.5) is 0 Å². The number of nitrogens with zero attached hydrogens (tertiary/aromatic N) is 4. The van der Waals surface area contributed by atoms with Gasteiger partial charge in [-0.2, -0.15) is 0 Å². The predicted octanol–water partition coefficient (Wildman–Crippen LogP) is 11.5. The van der Waals surface area contributed by atoms with Crippen molar-refractivity contribution in [2.75, 3.05) is 0 Å². The van der Waals surface area contributed by atoms with Crippen molar-refractivity contribution < 1.29 is 32.7 Å². The first kappa shape index (κ1) is 27.9. The number of hydrogen-bond acceptors (Lipinski definition) is 4. The molecule has 0 amide bonds. The average molecular weight is 839 g/mol. The Balaban J connectivity index is 0.000000217. The van der Waals surface area contributed by atoms with Crippen LogP contribution < -0.4 is 0 Å². The second kappa shape index (κ2) is 14.5. The number of para-hydroxylation sites is 2. The van der Waals surface area contributed by atoms with Gasteiger partial charge in [0.05, 0.1) is 16.9 Å². The van der Waals surface area contributed by atoms with E-state index >= 15 is 0 Å². The number of aromatic nitrogens is 4. The van der Waals surface area contributed by atoms with Gasteiger partial charge in [0.2, 0.25) is 0 Å². The summed E-state index contributed by atoms with van der Waals surface area (Å²) in [4.78, 5) is 13.8. The fraction of sp³-hybridized carbons (Fsp3) is 0.205. The summed E-state index contributed by atoms with van der Waals surface area (Å²) in [6, 6.07) is 34.8. The summed E-state index contributed by atoms with van der Waals surface area (Å²) in [5, 5.41) is 2.17. The van der Waals surface area contributed by atoms with Crippen LogP contribution in [0, 0.1) is 32.8 Å². The summed E-state index contributed by atoms with van der Waals surface area (Å²) in [6.07, 6.45) is 3.13. The van der Waals surface area contributed by atoms with Crippen LogP contribution in [0.1, 0.15) is 75.6 Å². The van der Waals surface area contributed by atoms with E-state index in [1.807, 2.05) is 30.5 Å². The Morgan fingerprint density at radius 2 is 1.54 bits per heavy atom. The van der Waals surface area contributed by atoms with Crippen LogP contribution in [-0.4, -0.2) is 19.5 Å². The number of imidazole rings is 1. The van der Waals surface area contributed by atoms with Gasteiger partial charge in [0.15, 0.2) is 5.65 Å². The molecule has 50 heavy (non-hydrogen) atoms. The van der Waals surface area contributed by atoms with Crippen LogP contribution in [0.15, 0.2) is 108 Å². The molecule has 0 aliphatic heterocycles. The molecule has 0 saturated heterocycles. The molecule has 1 radical (unpaired) electrons. The van der Waals surface area contributed by atoms with E-state index in [0.29, 0.717) is 23.1 Å². The fourth-order valence-electron chi connectivity index (χ4n) is 6.30. The SMILES string of the molecule is Cc1ccnc2nc(-c3[c-]ccc4c3oc3ccccc34)n(-c3c(C(C)C)cccc3C(C)C)c12.[2H]C([2H])([2H])c1c[c-]c(-c2ccc(C([2H])([2H])[2H])cn2)cc1.[Ir]. The molecule has 0 spiro atoms. The molecular weight excluding hydrogens is 793 g/mol. The Kier molecular flexibility index (Phi) is 8.10. The van der Waals surface area contributed by atoms with Crippen molar-refractivity contribution in [2.24, 2.45) is 0 Å². The molecule has 5 nitrogen and oxygen atoms in total. The van der Waals surface area contributed by atoms with Gasteiger partial charge in [0.25, 0.3) is 0 Å². The number of furan rings is 1. The number of fused-ring (bicyclic) bond motifs is 4. The van der Waals surface area contributed by atoms with E-state index in [-0.39, 0.29) is 31.2 Å². The molecule has 8 rings (SSSR count). The molecule has 8 aromatic rings. The molecule has 0 fully saturated rings. The maximum atomic E-state index is 7.28. The summed E-state index contributed by atoms with van der Waals surface area (Å²) in [5.41, 5.74) is 10.7. The topological polar surface area (TPSA) is 56.7 Å². The van der Waals surface area contributed by atoms with E-state index in [0.717, 1.165) is 50.1 Å². The van der Waals surface area contributed by atoms with Crippen LogP contribution >= 0.6 is 0 Å². The van der Waals surface area contributed by atoms with Crippen molar-refractivity contribution in [1.29, 1.82) is 0 Å². The Labute approximate surface area is 316 Å². The smallest absolute Gasteiger partial charge is 0.168 e. The summed E-state index contributed by atoms with van der Waals surface area (Å²) in [7, 11) is 0. The molecule has 4 aromatic heterocycles. The molecule has 253 valence electrons. The zero-order valence-corrected chi connectivity index (χ0v) is 30.9. The van der Waals surface area contributed by atoms with Crippen LogP contribution in [0.5, 0.6) is 0 Å². The van der Waals surface area contributed by atoms with E-state index in [4.69, 9.17) is 17.6 Å². The van der Waals surface area contributed by atoms with Crippen molar-refractivity contribution in [3.05, 3.63) is 143 Å². The Morgan fingerprint density at radius 3 is 2.22 bits per heavy atom. The van der Waals surface area contributed by atoms with Crippen molar-refractivity contribution in [3.8, 4) is 28.3 Å². The minimum absolute atomic E-state index is 0. The van der Waals surface area contributed by atoms with E-state index in [9.17, 15) is 0 Å². The molecule has 0 bridgehead atoms. The normalized spacial score (nSPS) is 13.6. The molecule has 4 heterocycles. The van der Waals surface area contributed by atoms with Gasteiger partial charge in [-0.3, -0.25) is 4.98 Å². The maximum absolute atomic E-state index is 7.28. The monoisotopic (exact) mass is 839 g/mol. The molecule has 0 saturated carbocycles. The zero-order valence-electron chi connectivity index (χ0n) is 34.5. The molecule has 0 atom stereocenters.